The number of rotatable bonds is 3. The van der Waals surface area contributed by atoms with Gasteiger partial charge in [-0.25, -0.2) is 8.78 Å². The van der Waals surface area contributed by atoms with Gasteiger partial charge >= 0.3 is 0 Å². The molecule has 1 aliphatic heterocycles. The molecule has 3 rings (SSSR count). The van der Waals surface area contributed by atoms with Crippen molar-refractivity contribution in [1.82, 2.24) is 5.32 Å². The number of benzene rings is 2. The summed E-state index contributed by atoms with van der Waals surface area (Å²) in [6, 6.07) is 12.2. The van der Waals surface area contributed by atoms with E-state index in [0.29, 0.717) is 12.0 Å². The topological polar surface area (TPSA) is 12.0 Å². The van der Waals surface area contributed by atoms with E-state index in [4.69, 9.17) is 0 Å². The third-order valence-electron chi connectivity index (χ3n) is 4.13. The standard InChI is InChI=1S/C17H17F2N/c1-12-2-5-14(6-3-12)17(10-20-11-17)9-13-4-7-15(18)8-16(13)19/h2-8,20H,9-11H2,1H3. The highest BCUT2D eigenvalue weighted by atomic mass is 19.1. The predicted molar refractivity (Wildman–Crippen MR) is 75.8 cm³/mol. The highest BCUT2D eigenvalue weighted by Gasteiger charge is 2.39. The summed E-state index contributed by atoms with van der Waals surface area (Å²) in [5.41, 5.74) is 2.93. The minimum absolute atomic E-state index is 0.0770. The van der Waals surface area contributed by atoms with Gasteiger partial charge in [-0.05, 0) is 30.5 Å². The lowest BCUT2D eigenvalue weighted by Gasteiger charge is -2.43. The van der Waals surface area contributed by atoms with Crippen LogP contribution in [0.4, 0.5) is 8.78 Å². The Morgan fingerprint density at radius 2 is 1.75 bits per heavy atom. The third-order valence-corrected chi connectivity index (χ3v) is 4.13. The van der Waals surface area contributed by atoms with E-state index in [9.17, 15) is 8.78 Å². The first-order chi connectivity index (χ1) is 9.59. The molecule has 1 fully saturated rings. The van der Waals surface area contributed by atoms with Gasteiger partial charge in [-0.2, -0.15) is 0 Å². The monoisotopic (exact) mass is 273 g/mol. The largest absolute Gasteiger partial charge is 0.315 e. The summed E-state index contributed by atoms with van der Waals surface area (Å²) in [7, 11) is 0. The van der Waals surface area contributed by atoms with Crippen molar-refractivity contribution >= 4 is 0 Å². The molecule has 0 aromatic heterocycles. The first-order valence-electron chi connectivity index (χ1n) is 6.81. The van der Waals surface area contributed by atoms with Gasteiger partial charge in [-0.15, -0.1) is 0 Å². The molecule has 0 amide bonds. The van der Waals surface area contributed by atoms with Crippen molar-refractivity contribution in [2.75, 3.05) is 13.1 Å². The van der Waals surface area contributed by atoms with Crippen molar-refractivity contribution in [2.45, 2.75) is 18.8 Å². The predicted octanol–water partition coefficient (Wildman–Crippen LogP) is 3.36. The Bertz CT molecular complexity index is 615. The average Bonchev–Trinajstić information content (AvgIpc) is 2.37. The maximum absolute atomic E-state index is 13.9. The van der Waals surface area contributed by atoms with E-state index in [1.807, 2.05) is 0 Å². The molecule has 0 spiro atoms. The first-order valence-corrected chi connectivity index (χ1v) is 6.81. The lowest BCUT2D eigenvalue weighted by atomic mass is 9.71. The zero-order valence-electron chi connectivity index (χ0n) is 11.4. The Balaban J connectivity index is 1.91. The molecular weight excluding hydrogens is 256 g/mol. The highest BCUT2D eigenvalue weighted by molar-refractivity contribution is 5.35. The molecule has 0 radical (unpaired) electrons. The average molecular weight is 273 g/mol. The molecular formula is C17H17F2N. The fourth-order valence-electron chi connectivity index (χ4n) is 2.79. The second-order valence-corrected chi connectivity index (χ2v) is 5.66. The molecule has 0 saturated carbocycles. The van der Waals surface area contributed by atoms with Crippen molar-refractivity contribution < 1.29 is 8.78 Å². The Kier molecular flexibility index (Phi) is 3.30. The molecule has 0 unspecified atom stereocenters. The minimum atomic E-state index is -0.526. The highest BCUT2D eigenvalue weighted by Crippen LogP contribution is 2.33. The summed E-state index contributed by atoms with van der Waals surface area (Å²) in [5.74, 6) is -0.981. The molecule has 20 heavy (non-hydrogen) atoms. The quantitative estimate of drug-likeness (QED) is 0.904. The summed E-state index contributed by atoms with van der Waals surface area (Å²) < 4.78 is 26.9. The molecule has 0 atom stereocenters. The van der Waals surface area contributed by atoms with E-state index in [2.05, 4.69) is 36.5 Å². The molecule has 1 aliphatic rings. The molecule has 1 nitrogen and oxygen atoms in total. The second kappa shape index (κ2) is 4.98. The molecule has 2 aromatic carbocycles. The maximum Gasteiger partial charge on any atom is 0.129 e. The van der Waals surface area contributed by atoms with E-state index in [0.717, 1.165) is 19.2 Å². The third kappa shape index (κ3) is 2.34. The van der Waals surface area contributed by atoms with Crippen molar-refractivity contribution in [3.8, 4) is 0 Å². The van der Waals surface area contributed by atoms with Crippen LogP contribution in [0, 0.1) is 18.6 Å². The smallest absolute Gasteiger partial charge is 0.129 e. The van der Waals surface area contributed by atoms with Crippen LogP contribution in [0.1, 0.15) is 16.7 Å². The Hall–Kier alpha value is -1.74. The number of nitrogens with one attached hydrogen (secondary N) is 1. The molecule has 1 saturated heterocycles. The van der Waals surface area contributed by atoms with Crippen LogP contribution in [0.3, 0.4) is 0 Å². The summed E-state index contributed by atoms with van der Waals surface area (Å²) >= 11 is 0. The Morgan fingerprint density at radius 3 is 2.30 bits per heavy atom. The van der Waals surface area contributed by atoms with Gasteiger partial charge in [0.25, 0.3) is 0 Å². The number of hydrogen-bond acceptors (Lipinski definition) is 1. The number of aryl methyl sites for hydroxylation is 1. The maximum atomic E-state index is 13.9. The number of halogens is 2. The van der Waals surface area contributed by atoms with E-state index in [1.54, 1.807) is 6.07 Å². The van der Waals surface area contributed by atoms with E-state index in [-0.39, 0.29) is 5.41 Å². The van der Waals surface area contributed by atoms with Crippen LogP contribution in [0.2, 0.25) is 0 Å². The number of hydrogen-bond donors (Lipinski definition) is 1. The zero-order chi connectivity index (χ0) is 14.2. The molecule has 1 N–H and O–H groups in total. The summed E-state index contributed by atoms with van der Waals surface area (Å²) in [6.07, 6.45) is 0.592. The molecule has 0 bridgehead atoms. The van der Waals surface area contributed by atoms with Crippen molar-refractivity contribution in [3.63, 3.8) is 0 Å². The summed E-state index contributed by atoms with van der Waals surface area (Å²) in [5, 5.41) is 3.27. The lowest BCUT2D eigenvalue weighted by Crippen LogP contribution is -2.58. The zero-order valence-corrected chi connectivity index (χ0v) is 11.4. The van der Waals surface area contributed by atoms with Gasteiger partial charge in [-0.1, -0.05) is 35.9 Å². The van der Waals surface area contributed by atoms with E-state index in [1.165, 1.54) is 17.2 Å². The van der Waals surface area contributed by atoms with Crippen LogP contribution in [-0.4, -0.2) is 13.1 Å². The lowest BCUT2D eigenvalue weighted by molar-refractivity contribution is 0.272. The normalized spacial score (nSPS) is 16.8. The van der Waals surface area contributed by atoms with Crippen LogP contribution in [0.25, 0.3) is 0 Å². The molecule has 3 heteroatoms. The molecule has 2 aromatic rings. The van der Waals surface area contributed by atoms with Gasteiger partial charge in [0, 0.05) is 24.6 Å². The van der Waals surface area contributed by atoms with Gasteiger partial charge in [0.1, 0.15) is 11.6 Å². The summed E-state index contributed by atoms with van der Waals surface area (Å²) in [6.45, 7) is 3.70. The van der Waals surface area contributed by atoms with Gasteiger partial charge in [0.05, 0.1) is 0 Å². The van der Waals surface area contributed by atoms with Gasteiger partial charge in [-0.3, -0.25) is 0 Å². The fourth-order valence-corrected chi connectivity index (χ4v) is 2.79. The van der Waals surface area contributed by atoms with Gasteiger partial charge in [0.2, 0.25) is 0 Å². The molecule has 104 valence electrons. The van der Waals surface area contributed by atoms with Crippen LogP contribution in [0.15, 0.2) is 42.5 Å². The van der Waals surface area contributed by atoms with Gasteiger partial charge < -0.3 is 5.32 Å². The minimum Gasteiger partial charge on any atom is -0.315 e. The molecule has 0 aliphatic carbocycles. The van der Waals surface area contributed by atoms with Crippen LogP contribution in [-0.2, 0) is 11.8 Å². The van der Waals surface area contributed by atoms with E-state index >= 15 is 0 Å². The van der Waals surface area contributed by atoms with Crippen LogP contribution < -0.4 is 5.32 Å². The van der Waals surface area contributed by atoms with Crippen LogP contribution >= 0.6 is 0 Å². The van der Waals surface area contributed by atoms with Crippen molar-refractivity contribution in [2.24, 2.45) is 0 Å². The summed E-state index contributed by atoms with van der Waals surface area (Å²) in [4.78, 5) is 0. The van der Waals surface area contributed by atoms with Crippen LogP contribution in [0.5, 0.6) is 0 Å². The Labute approximate surface area is 117 Å². The second-order valence-electron chi connectivity index (χ2n) is 5.66. The fraction of sp³-hybridized carbons (Fsp3) is 0.294. The Morgan fingerprint density at radius 1 is 1.05 bits per heavy atom. The van der Waals surface area contributed by atoms with E-state index < -0.39 is 11.6 Å². The molecule has 1 heterocycles. The first kappa shape index (κ1) is 13.3. The van der Waals surface area contributed by atoms with Gasteiger partial charge in [0.15, 0.2) is 0 Å². The SMILES string of the molecule is Cc1ccc(C2(Cc3ccc(F)cc3F)CNC2)cc1. The van der Waals surface area contributed by atoms with Crippen molar-refractivity contribution in [1.29, 1.82) is 0 Å². The van der Waals surface area contributed by atoms with Crippen molar-refractivity contribution in [3.05, 3.63) is 70.8 Å².